The topological polar surface area (TPSA) is 26.9 Å². The monoisotopic (exact) mass is 166 g/mol. The first-order chi connectivity index (χ1) is 5.72. The number of fused-ring (bicyclic) bond motifs is 1. The van der Waals surface area contributed by atoms with Crippen molar-refractivity contribution < 1.29 is 0 Å². The van der Waals surface area contributed by atoms with Crippen molar-refractivity contribution in [2.24, 2.45) is 14.1 Å². The molecule has 0 saturated heterocycles. The average Bonchev–Trinajstić information content (AvgIpc) is 2.33. The lowest BCUT2D eigenvalue weighted by atomic mass is 10.0. The van der Waals surface area contributed by atoms with Gasteiger partial charge < -0.3 is 0 Å². The molecule has 0 N–H and O–H groups in total. The molecule has 1 aromatic heterocycles. The Morgan fingerprint density at radius 1 is 1.00 bits per heavy atom. The summed E-state index contributed by atoms with van der Waals surface area (Å²) in [6, 6.07) is 0. The molecule has 0 bridgehead atoms. The molecule has 1 aliphatic rings. The van der Waals surface area contributed by atoms with Crippen molar-refractivity contribution in [1.82, 2.24) is 9.13 Å². The van der Waals surface area contributed by atoms with Crippen LogP contribution >= 0.6 is 0 Å². The third kappa shape index (κ3) is 0.854. The molecule has 0 atom stereocenters. The predicted octanol–water partition coefficient (Wildman–Crippen LogP) is 0.603. The fourth-order valence-corrected chi connectivity index (χ4v) is 2.05. The lowest BCUT2D eigenvalue weighted by Gasteiger charge is -2.12. The molecular weight excluding hydrogens is 152 g/mol. The maximum absolute atomic E-state index is 11.5. The average molecular weight is 166 g/mol. The lowest BCUT2D eigenvalue weighted by Crippen LogP contribution is -2.20. The summed E-state index contributed by atoms with van der Waals surface area (Å²) in [5.41, 5.74) is 2.62. The second-order valence-electron chi connectivity index (χ2n) is 3.50. The first-order valence-electron chi connectivity index (χ1n) is 4.45. The molecule has 0 fully saturated rings. The molecule has 0 aliphatic heterocycles. The van der Waals surface area contributed by atoms with Crippen LogP contribution < -0.4 is 5.69 Å². The number of aromatic nitrogens is 2. The van der Waals surface area contributed by atoms with Gasteiger partial charge in [-0.05, 0) is 25.7 Å². The van der Waals surface area contributed by atoms with E-state index in [0.717, 1.165) is 12.8 Å². The summed E-state index contributed by atoms with van der Waals surface area (Å²) < 4.78 is 3.57. The zero-order valence-electron chi connectivity index (χ0n) is 7.63. The standard InChI is InChI=1S/C9H14N2O/c1-10-7-5-3-4-6-8(7)11(2)9(10)12/h3-6H2,1-2H3. The largest absolute Gasteiger partial charge is 0.328 e. The van der Waals surface area contributed by atoms with Crippen LogP contribution in [0, 0.1) is 0 Å². The summed E-state index contributed by atoms with van der Waals surface area (Å²) >= 11 is 0. The maximum Gasteiger partial charge on any atom is 0.328 e. The van der Waals surface area contributed by atoms with Crippen molar-refractivity contribution >= 4 is 0 Å². The summed E-state index contributed by atoms with van der Waals surface area (Å²) in [5.74, 6) is 0. The molecule has 12 heavy (non-hydrogen) atoms. The fraction of sp³-hybridized carbons (Fsp3) is 0.667. The zero-order chi connectivity index (χ0) is 8.72. The highest BCUT2D eigenvalue weighted by atomic mass is 16.1. The Hall–Kier alpha value is -0.990. The highest BCUT2D eigenvalue weighted by Crippen LogP contribution is 2.18. The minimum Gasteiger partial charge on any atom is -0.299 e. The second-order valence-corrected chi connectivity index (χ2v) is 3.50. The van der Waals surface area contributed by atoms with E-state index in [1.165, 1.54) is 24.2 Å². The Morgan fingerprint density at radius 2 is 1.42 bits per heavy atom. The van der Waals surface area contributed by atoms with Crippen molar-refractivity contribution in [2.45, 2.75) is 25.7 Å². The van der Waals surface area contributed by atoms with Crippen LogP contribution in [0.3, 0.4) is 0 Å². The molecule has 0 aromatic carbocycles. The summed E-state index contributed by atoms with van der Waals surface area (Å²) in [5, 5.41) is 0. The van der Waals surface area contributed by atoms with Gasteiger partial charge >= 0.3 is 5.69 Å². The third-order valence-electron chi connectivity index (χ3n) is 2.79. The summed E-state index contributed by atoms with van der Waals surface area (Å²) in [6.45, 7) is 0. The first-order valence-corrected chi connectivity index (χ1v) is 4.45. The lowest BCUT2D eigenvalue weighted by molar-refractivity contribution is 0.631. The van der Waals surface area contributed by atoms with Gasteiger partial charge in [0, 0.05) is 25.5 Å². The van der Waals surface area contributed by atoms with Gasteiger partial charge in [-0.15, -0.1) is 0 Å². The molecule has 3 nitrogen and oxygen atoms in total. The van der Waals surface area contributed by atoms with E-state index in [2.05, 4.69) is 0 Å². The van der Waals surface area contributed by atoms with Gasteiger partial charge in [-0.1, -0.05) is 0 Å². The van der Waals surface area contributed by atoms with Gasteiger partial charge in [0.2, 0.25) is 0 Å². The van der Waals surface area contributed by atoms with Gasteiger partial charge in [0.25, 0.3) is 0 Å². The molecule has 1 heterocycles. The Balaban J connectivity index is 2.68. The van der Waals surface area contributed by atoms with E-state index in [9.17, 15) is 4.79 Å². The Kier molecular flexibility index (Phi) is 1.60. The van der Waals surface area contributed by atoms with E-state index >= 15 is 0 Å². The van der Waals surface area contributed by atoms with Crippen LogP contribution in [0.15, 0.2) is 4.79 Å². The van der Waals surface area contributed by atoms with Crippen molar-refractivity contribution in [1.29, 1.82) is 0 Å². The molecule has 2 rings (SSSR count). The van der Waals surface area contributed by atoms with E-state index in [-0.39, 0.29) is 5.69 Å². The van der Waals surface area contributed by atoms with Crippen LogP contribution in [0.4, 0.5) is 0 Å². The molecular formula is C9H14N2O. The van der Waals surface area contributed by atoms with E-state index in [4.69, 9.17) is 0 Å². The van der Waals surface area contributed by atoms with Crippen molar-refractivity contribution in [3.63, 3.8) is 0 Å². The van der Waals surface area contributed by atoms with Crippen LogP contribution in [-0.4, -0.2) is 9.13 Å². The van der Waals surface area contributed by atoms with E-state index in [1.807, 2.05) is 14.1 Å². The smallest absolute Gasteiger partial charge is 0.299 e. The minimum atomic E-state index is 0.127. The molecule has 1 aliphatic carbocycles. The number of hydrogen-bond donors (Lipinski definition) is 0. The molecule has 1 aromatic rings. The van der Waals surface area contributed by atoms with Crippen molar-refractivity contribution in [2.75, 3.05) is 0 Å². The second kappa shape index (κ2) is 2.51. The normalized spacial score (nSPS) is 16.2. The quantitative estimate of drug-likeness (QED) is 0.554. The van der Waals surface area contributed by atoms with E-state index in [0.29, 0.717) is 0 Å². The number of rotatable bonds is 0. The molecule has 3 heteroatoms. The highest BCUT2D eigenvalue weighted by molar-refractivity contribution is 5.17. The molecule has 0 spiro atoms. The molecule has 0 radical (unpaired) electrons. The van der Waals surface area contributed by atoms with Gasteiger partial charge in [0.15, 0.2) is 0 Å². The van der Waals surface area contributed by atoms with Gasteiger partial charge in [-0.25, -0.2) is 4.79 Å². The molecule has 0 unspecified atom stereocenters. The Labute approximate surface area is 71.6 Å². The van der Waals surface area contributed by atoms with Gasteiger partial charge in [0.05, 0.1) is 0 Å². The summed E-state index contributed by atoms with van der Waals surface area (Å²) in [6.07, 6.45) is 4.60. The van der Waals surface area contributed by atoms with Gasteiger partial charge in [0.1, 0.15) is 0 Å². The molecule has 0 saturated carbocycles. The molecule has 66 valence electrons. The van der Waals surface area contributed by atoms with Gasteiger partial charge in [-0.3, -0.25) is 9.13 Å². The number of hydrogen-bond acceptors (Lipinski definition) is 1. The maximum atomic E-state index is 11.5. The predicted molar refractivity (Wildman–Crippen MR) is 47.3 cm³/mol. The summed E-state index contributed by atoms with van der Waals surface area (Å²) in [7, 11) is 3.74. The number of nitrogens with zero attached hydrogens (tertiary/aromatic N) is 2. The van der Waals surface area contributed by atoms with Crippen LogP contribution in [0.5, 0.6) is 0 Å². The van der Waals surface area contributed by atoms with Crippen LogP contribution in [0.25, 0.3) is 0 Å². The van der Waals surface area contributed by atoms with Gasteiger partial charge in [-0.2, -0.15) is 0 Å². The van der Waals surface area contributed by atoms with Crippen LogP contribution in [0.1, 0.15) is 24.2 Å². The zero-order valence-corrected chi connectivity index (χ0v) is 7.63. The Bertz CT molecular complexity index is 327. The molecule has 0 amide bonds. The van der Waals surface area contributed by atoms with Crippen molar-refractivity contribution in [3.8, 4) is 0 Å². The van der Waals surface area contributed by atoms with E-state index in [1.54, 1.807) is 9.13 Å². The SMILES string of the molecule is Cn1c2c(n(C)c1=O)CCCC2. The Morgan fingerprint density at radius 3 is 1.83 bits per heavy atom. The summed E-state index contributed by atoms with van der Waals surface area (Å²) in [4.78, 5) is 11.5. The third-order valence-corrected chi connectivity index (χ3v) is 2.79. The first kappa shape index (κ1) is 7.65. The van der Waals surface area contributed by atoms with Crippen LogP contribution in [0.2, 0.25) is 0 Å². The number of imidazole rings is 1. The highest BCUT2D eigenvalue weighted by Gasteiger charge is 2.17. The van der Waals surface area contributed by atoms with Crippen molar-refractivity contribution in [3.05, 3.63) is 21.9 Å². The minimum absolute atomic E-state index is 0.127. The van der Waals surface area contributed by atoms with Crippen LogP contribution in [-0.2, 0) is 26.9 Å². The van der Waals surface area contributed by atoms with E-state index < -0.39 is 0 Å². The fourth-order valence-electron chi connectivity index (χ4n) is 2.05.